The summed E-state index contributed by atoms with van der Waals surface area (Å²) in [6.45, 7) is 1.40. The van der Waals surface area contributed by atoms with E-state index in [1.165, 1.54) is 5.56 Å². The number of hydrogen-bond donors (Lipinski definition) is 0. The molecule has 2 aromatic carbocycles. The summed E-state index contributed by atoms with van der Waals surface area (Å²) >= 11 is 0. The van der Waals surface area contributed by atoms with Gasteiger partial charge in [-0.25, -0.2) is 4.68 Å². The Kier molecular flexibility index (Phi) is 5.59. The van der Waals surface area contributed by atoms with Crippen molar-refractivity contribution in [3.05, 3.63) is 109 Å². The van der Waals surface area contributed by atoms with Gasteiger partial charge in [0.05, 0.1) is 23.7 Å². The highest BCUT2D eigenvalue weighted by Crippen LogP contribution is 2.25. The first-order chi connectivity index (χ1) is 15.8. The molecule has 6 nitrogen and oxygen atoms in total. The lowest BCUT2D eigenvalue weighted by Gasteiger charge is -2.18. The molecule has 0 fully saturated rings. The van der Waals surface area contributed by atoms with Gasteiger partial charge in [0.25, 0.3) is 0 Å². The summed E-state index contributed by atoms with van der Waals surface area (Å²) in [5.74, 6) is 0. The van der Waals surface area contributed by atoms with Crippen LogP contribution >= 0.6 is 0 Å². The fourth-order valence-corrected chi connectivity index (χ4v) is 3.86. The number of hydrogen-bond acceptors (Lipinski definition) is 4. The van der Waals surface area contributed by atoms with Gasteiger partial charge in [-0.3, -0.25) is 14.6 Å². The predicted octanol–water partition coefficient (Wildman–Crippen LogP) is 4.89. The lowest BCUT2D eigenvalue weighted by atomic mass is 10.1. The monoisotopic (exact) mass is 420 g/mol. The van der Waals surface area contributed by atoms with Gasteiger partial charge >= 0.3 is 0 Å². The van der Waals surface area contributed by atoms with Gasteiger partial charge in [0, 0.05) is 48.0 Å². The van der Waals surface area contributed by atoms with E-state index in [9.17, 15) is 0 Å². The third-order valence-corrected chi connectivity index (χ3v) is 5.37. The molecule has 0 aliphatic heterocycles. The molecule has 3 heterocycles. The van der Waals surface area contributed by atoms with Gasteiger partial charge < -0.3 is 0 Å². The molecule has 0 aliphatic rings. The summed E-state index contributed by atoms with van der Waals surface area (Å²) in [5.41, 5.74) is 6.50. The second kappa shape index (κ2) is 8.99. The molecule has 5 aromatic rings. The second-order valence-corrected chi connectivity index (χ2v) is 7.76. The highest BCUT2D eigenvalue weighted by atomic mass is 15.4. The van der Waals surface area contributed by atoms with Crippen LogP contribution in [0.15, 0.2) is 104 Å². The van der Waals surface area contributed by atoms with Gasteiger partial charge in [-0.2, -0.15) is 10.2 Å². The van der Waals surface area contributed by atoms with E-state index in [2.05, 4.69) is 64.6 Å². The maximum Gasteiger partial charge on any atom is 0.0972 e. The summed E-state index contributed by atoms with van der Waals surface area (Å²) in [7, 11) is 2.10. The molecule has 158 valence electrons. The number of benzene rings is 2. The van der Waals surface area contributed by atoms with Crippen LogP contribution in [-0.4, -0.2) is 36.5 Å². The molecule has 0 unspecified atom stereocenters. The van der Waals surface area contributed by atoms with Crippen molar-refractivity contribution in [2.75, 3.05) is 7.05 Å². The van der Waals surface area contributed by atoms with Gasteiger partial charge in [-0.15, -0.1) is 0 Å². The zero-order chi connectivity index (χ0) is 21.8. The summed E-state index contributed by atoms with van der Waals surface area (Å²) in [5, 5.41) is 9.47. The third kappa shape index (κ3) is 4.22. The zero-order valence-electron chi connectivity index (χ0n) is 17.9. The summed E-state index contributed by atoms with van der Waals surface area (Å²) in [4.78, 5) is 6.36. The lowest BCUT2D eigenvalue weighted by Crippen LogP contribution is -2.23. The Morgan fingerprint density at radius 1 is 0.781 bits per heavy atom. The van der Waals surface area contributed by atoms with Crippen LogP contribution in [-0.2, 0) is 13.2 Å². The Hall–Kier alpha value is -4.03. The SMILES string of the molecule is CN(Cc1cn(-c2ccccc2)nc1-c1ccccc1)Cn1nccc1-c1ccncc1. The average Bonchev–Trinajstić information content (AvgIpc) is 3.48. The minimum Gasteiger partial charge on any atom is -0.283 e. The molecule has 0 atom stereocenters. The fraction of sp³-hybridized carbons (Fsp3) is 0.115. The van der Waals surface area contributed by atoms with Gasteiger partial charge in [0.1, 0.15) is 0 Å². The minimum absolute atomic E-state index is 0.662. The van der Waals surface area contributed by atoms with Crippen molar-refractivity contribution in [2.24, 2.45) is 0 Å². The van der Waals surface area contributed by atoms with Gasteiger partial charge in [-0.1, -0.05) is 48.5 Å². The number of aromatic nitrogens is 5. The highest BCUT2D eigenvalue weighted by molar-refractivity contribution is 5.63. The van der Waals surface area contributed by atoms with Crippen LogP contribution in [0.3, 0.4) is 0 Å². The first kappa shape index (κ1) is 19.9. The molecule has 0 amide bonds. The maximum absolute atomic E-state index is 4.93. The number of rotatable bonds is 7. The molecule has 5 rings (SSSR count). The molecule has 3 aromatic heterocycles. The first-order valence-electron chi connectivity index (χ1n) is 10.6. The minimum atomic E-state index is 0.662. The molecular formula is C26H24N6. The summed E-state index contributed by atoms with van der Waals surface area (Å²) in [6, 6.07) is 26.6. The van der Waals surface area contributed by atoms with E-state index >= 15 is 0 Å². The van der Waals surface area contributed by atoms with Crippen LogP contribution in [0.1, 0.15) is 5.56 Å². The van der Waals surface area contributed by atoms with Crippen molar-refractivity contribution in [2.45, 2.75) is 13.2 Å². The molecule has 6 heteroatoms. The van der Waals surface area contributed by atoms with Crippen LogP contribution < -0.4 is 0 Å². The Labute approximate surface area is 187 Å². The number of pyridine rings is 1. The zero-order valence-corrected chi connectivity index (χ0v) is 17.9. The third-order valence-electron chi connectivity index (χ3n) is 5.37. The van der Waals surface area contributed by atoms with Crippen molar-refractivity contribution in [3.8, 4) is 28.2 Å². The molecule has 0 aliphatic carbocycles. The van der Waals surface area contributed by atoms with Crippen LogP contribution in [0.5, 0.6) is 0 Å². The standard InChI is InChI=1S/C26H24N6/c1-30(20-32-25(14-17-28-32)21-12-15-27-16-13-21)18-23-19-31(24-10-6-3-7-11-24)29-26(23)22-8-4-2-5-9-22/h2-17,19H,18,20H2,1H3. The fourth-order valence-electron chi connectivity index (χ4n) is 3.86. The highest BCUT2D eigenvalue weighted by Gasteiger charge is 2.15. The van der Waals surface area contributed by atoms with Crippen molar-refractivity contribution in [3.63, 3.8) is 0 Å². The van der Waals surface area contributed by atoms with Gasteiger partial charge in [-0.05, 0) is 37.4 Å². The molecule has 0 radical (unpaired) electrons. The van der Waals surface area contributed by atoms with E-state index in [0.717, 1.165) is 34.7 Å². The average molecular weight is 421 g/mol. The van der Waals surface area contributed by atoms with Crippen LogP contribution in [0, 0.1) is 0 Å². The van der Waals surface area contributed by atoms with Crippen molar-refractivity contribution in [1.29, 1.82) is 0 Å². The van der Waals surface area contributed by atoms with E-state index in [-0.39, 0.29) is 0 Å². The predicted molar refractivity (Wildman–Crippen MR) is 126 cm³/mol. The smallest absolute Gasteiger partial charge is 0.0972 e. The quantitative estimate of drug-likeness (QED) is 0.376. The lowest BCUT2D eigenvalue weighted by molar-refractivity contribution is 0.248. The summed E-state index contributed by atoms with van der Waals surface area (Å²) in [6.07, 6.45) is 7.58. The first-order valence-corrected chi connectivity index (χ1v) is 10.6. The molecule has 32 heavy (non-hydrogen) atoms. The topological polar surface area (TPSA) is 51.8 Å². The molecule has 0 bridgehead atoms. The van der Waals surface area contributed by atoms with E-state index in [4.69, 9.17) is 5.10 Å². The van der Waals surface area contributed by atoms with Gasteiger partial charge in [0.15, 0.2) is 0 Å². The number of nitrogens with zero attached hydrogens (tertiary/aromatic N) is 6. The van der Waals surface area contributed by atoms with Crippen LogP contribution in [0.25, 0.3) is 28.2 Å². The van der Waals surface area contributed by atoms with Crippen molar-refractivity contribution < 1.29 is 0 Å². The largest absolute Gasteiger partial charge is 0.283 e. The Balaban J connectivity index is 1.43. The van der Waals surface area contributed by atoms with Crippen LogP contribution in [0.4, 0.5) is 0 Å². The van der Waals surface area contributed by atoms with E-state index in [1.807, 2.05) is 58.0 Å². The van der Waals surface area contributed by atoms with Crippen molar-refractivity contribution in [1.82, 2.24) is 29.4 Å². The second-order valence-electron chi connectivity index (χ2n) is 7.76. The maximum atomic E-state index is 4.93. The Bertz CT molecular complexity index is 1280. The summed E-state index contributed by atoms with van der Waals surface area (Å²) < 4.78 is 3.97. The van der Waals surface area contributed by atoms with Gasteiger partial charge in [0.2, 0.25) is 0 Å². The Morgan fingerprint density at radius 3 is 2.25 bits per heavy atom. The Morgan fingerprint density at radius 2 is 1.50 bits per heavy atom. The van der Waals surface area contributed by atoms with E-state index in [0.29, 0.717) is 6.67 Å². The molecule has 0 spiro atoms. The normalized spacial score (nSPS) is 11.2. The van der Waals surface area contributed by atoms with E-state index in [1.54, 1.807) is 12.4 Å². The van der Waals surface area contributed by atoms with E-state index < -0.39 is 0 Å². The van der Waals surface area contributed by atoms with Crippen molar-refractivity contribution >= 4 is 0 Å². The molecular weight excluding hydrogens is 396 g/mol. The number of para-hydroxylation sites is 1. The van der Waals surface area contributed by atoms with Crippen LogP contribution in [0.2, 0.25) is 0 Å². The molecule has 0 saturated heterocycles. The molecule has 0 N–H and O–H groups in total. The molecule has 0 saturated carbocycles.